The maximum Gasteiger partial charge on any atom is 0.335 e. The Hall–Kier alpha value is -3.27. The quantitative estimate of drug-likeness (QED) is 0.465. The molecule has 0 spiro atoms. The van der Waals surface area contributed by atoms with Gasteiger partial charge in [0.15, 0.2) is 5.11 Å². The van der Waals surface area contributed by atoms with Crippen molar-refractivity contribution in [1.29, 1.82) is 0 Å². The SMILES string of the molecule is O=C(O)c1cccc(-n2cccc2[C@@H]2[C@@H](c3ccccn3)NC(=S)N2CCCN2CCOCC2)c1. The predicted molar refractivity (Wildman–Crippen MR) is 137 cm³/mol. The molecule has 2 N–H and O–H groups in total. The minimum absolute atomic E-state index is 0.0921. The first-order valence-electron chi connectivity index (χ1n) is 11.9. The van der Waals surface area contributed by atoms with Gasteiger partial charge in [0.1, 0.15) is 0 Å². The number of aromatic nitrogens is 2. The van der Waals surface area contributed by atoms with Crippen LogP contribution in [-0.2, 0) is 4.74 Å². The zero-order valence-corrected chi connectivity index (χ0v) is 20.2. The monoisotopic (exact) mass is 491 g/mol. The number of rotatable bonds is 8. The van der Waals surface area contributed by atoms with Gasteiger partial charge < -0.3 is 24.6 Å². The van der Waals surface area contributed by atoms with Gasteiger partial charge in [-0.3, -0.25) is 9.88 Å². The number of nitrogens with zero attached hydrogens (tertiary/aromatic N) is 4. The van der Waals surface area contributed by atoms with E-state index in [9.17, 15) is 9.90 Å². The highest BCUT2D eigenvalue weighted by atomic mass is 32.1. The molecule has 2 saturated heterocycles. The molecular weight excluding hydrogens is 462 g/mol. The van der Waals surface area contributed by atoms with E-state index < -0.39 is 5.97 Å². The molecule has 35 heavy (non-hydrogen) atoms. The summed E-state index contributed by atoms with van der Waals surface area (Å²) in [6.45, 7) is 5.30. The number of benzene rings is 1. The van der Waals surface area contributed by atoms with Gasteiger partial charge in [-0.2, -0.15) is 0 Å². The van der Waals surface area contributed by atoms with E-state index >= 15 is 0 Å². The molecule has 0 aliphatic carbocycles. The second-order valence-corrected chi connectivity index (χ2v) is 9.17. The van der Waals surface area contributed by atoms with Crippen LogP contribution in [0.3, 0.4) is 0 Å². The number of carbonyl (C=O) groups is 1. The Morgan fingerprint density at radius 1 is 1.11 bits per heavy atom. The van der Waals surface area contributed by atoms with Gasteiger partial charge in [0.25, 0.3) is 0 Å². The molecule has 0 radical (unpaired) electrons. The van der Waals surface area contributed by atoms with Crippen LogP contribution in [0.15, 0.2) is 67.0 Å². The van der Waals surface area contributed by atoms with Crippen molar-refractivity contribution in [2.24, 2.45) is 0 Å². The smallest absolute Gasteiger partial charge is 0.335 e. The summed E-state index contributed by atoms with van der Waals surface area (Å²) in [6, 6.07) is 16.8. The van der Waals surface area contributed by atoms with Crippen molar-refractivity contribution >= 4 is 23.3 Å². The van der Waals surface area contributed by atoms with Crippen molar-refractivity contribution in [2.45, 2.75) is 18.5 Å². The van der Waals surface area contributed by atoms with Crippen molar-refractivity contribution in [3.63, 3.8) is 0 Å². The molecule has 1 aromatic carbocycles. The topological polar surface area (TPSA) is 82.9 Å². The van der Waals surface area contributed by atoms with Gasteiger partial charge in [-0.15, -0.1) is 0 Å². The molecule has 5 rings (SSSR count). The van der Waals surface area contributed by atoms with Crippen LogP contribution < -0.4 is 5.32 Å². The summed E-state index contributed by atoms with van der Waals surface area (Å²) >= 11 is 5.82. The van der Waals surface area contributed by atoms with Crippen LogP contribution in [0.4, 0.5) is 0 Å². The van der Waals surface area contributed by atoms with E-state index in [0.29, 0.717) is 5.11 Å². The number of hydrogen-bond donors (Lipinski definition) is 2. The molecule has 2 fully saturated rings. The van der Waals surface area contributed by atoms with Crippen molar-refractivity contribution in [3.8, 4) is 5.69 Å². The van der Waals surface area contributed by atoms with E-state index in [1.807, 2.05) is 36.5 Å². The first-order chi connectivity index (χ1) is 17.1. The third-order valence-electron chi connectivity index (χ3n) is 6.63. The summed E-state index contributed by atoms with van der Waals surface area (Å²) in [5, 5.41) is 13.7. The molecule has 3 aromatic rings. The average molecular weight is 492 g/mol. The number of carboxylic acids is 1. The minimum Gasteiger partial charge on any atom is -0.478 e. The zero-order valence-electron chi connectivity index (χ0n) is 19.4. The summed E-state index contributed by atoms with van der Waals surface area (Å²) in [4.78, 5) is 20.9. The van der Waals surface area contributed by atoms with Crippen molar-refractivity contribution in [3.05, 3.63) is 83.9 Å². The lowest BCUT2D eigenvalue weighted by Crippen LogP contribution is -2.39. The molecule has 0 bridgehead atoms. The lowest BCUT2D eigenvalue weighted by Gasteiger charge is -2.31. The third kappa shape index (κ3) is 5.07. The van der Waals surface area contributed by atoms with E-state index in [2.05, 4.69) is 30.7 Å². The van der Waals surface area contributed by atoms with Gasteiger partial charge in [-0.05, 0) is 61.1 Å². The summed E-state index contributed by atoms with van der Waals surface area (Å²) in [5.74, 6) is -0.944. The summed E-state index contributed by atoms with van der Waals surface area (Å²) < 4.78 is 7.53. The minimum atomic E-state index is -0.944. The number of thiocarbonyl (C=S) groups is 1. The van der Waals surface area contributed by atoms with Gasteiger partial charge >= 0.3 is 5.97 Å². The van der Waals surface area contributed by atoms with Crippen LogP contribution >= 0.6 is 12.2 Å². The summed E-state index contributed by atoms with van der Waals surface area (Å²) in [6.07, 6.45) is 4.75. The van der Waals surface area contributed by atoms with Crippen molar-refractivity contribution < 1.29 is 14.6 Å². The maximum absolute atomic E-state index is 11.6. The molecule has 0 saturated carbocycles. The molecule has 2 aromatic heterocycles. The number of nitrogens with one attached hydrogen (secondary N) is 1. The Morgan fingerprint density at radius 3 is 2.74 bits per heavy atom. The third-order valence-corrected chi connectivity index (χ3v) is 6.98. The van der Waals surface area contributed by atoms with Gasteiger partial charge in [-0.25, -0.2) is 4.79 Å². The predicted octanol–water partition coefficient (Wildman–Crippen LogP) is 3.27. The number of morpholine rings is 1. The van der Waals surface area contributed by atoms with Crippen molar-refractivity contribution in [1.82, 2.24) is 24.7 Å². The Kier molecular flexibility index (Phi) is 7.08. The van der Waals surface area contributed by atoms with Crippen LogP contribution in [0, 0.1) is 0 Å². The second kappa shape index (κ2) is 10.6. The van der Waals surface area contributed by atoms with Gasteiger partial charge in [0, 0.05) is 50.0 Å². The van der Waals surface area contributed by atoms with Crippen LogP contribution in [0.25, 0.3) is 5.69 Å². The number of aromatic carboxylic acids is 1. The van der Waals surface area contributed by atoms with Crippen LogP contribution in [0.1, 0.15) is 40.3 Å². The fourth-order valence-corrected chi connectivity index (χ4v) is 5.25. The molecule has 8 nitrogen and oxygen atoms in total. The van der Waals surface area contributed by atoms with Crippen LogP contribution in [0.5, 0.6) is 0 Å². The zero-order chi connectivity index (χ0) is 24.2. The van der Waals surface area contributed by atoms with Gasteiger partial charge in [-0.1, -0.05) is 12.1 Å². The Labute approximate surface area is 210 Å². The highest BCUT2D eigenvalue weighted by molar-refractivity contribution is 7.80. The molecule has 182 valence electrons. The van der Waals surface area contributed by atoms with Crippen LogP contribution in [-0.4, -0.2) is 74.9 Å². The molecular formula is C26H29N5O3S. The average Bonchev–Trinajstić information content (AvgIpc) is 3.50. The Morgan fingerprint density at radius 2 is 1.97 bits per heavy atom. The summed E-state index contributed by atoms with van der Waals surface area (Å²) in [5.41, 5.74) is 3.01. The highest BCUT2D eigenvalue weighted by Crippen LogP contribution is 2.39. The van der Waals surface area contributed by atoms with Gasteiger partial charge in [0.2, 0.25) is 0 Å². The van der Waals surface area contributed by atoms with Crippen LogP contribution in [0.2, 0.25) is 0 Å². The molecule has 9 heteroatoms. The molecule has 2 aliphatic heterocycles. The number of hydrogen-bond acceptors (Lipinski definition) is 5. The molecule has 0 unspecified atom stereocenters. The fourth-order valence-electron chi connectivity index (χ4n) is 4.92. The maximum atomic E-state index is 11.6. The molecule has 4 heterocycles. The fraction of sp³-hybridized carbons (Fsp3) is 0.346. The van der Waals surface area contributed by atoms with E-state index in [4.69, 9.17) is 17.0 Å². The molecule has 0 amide bonds. The normalized spacial score (nSPS) is 20.7. The van der Waals surface area contributed by atoms with E-state index in [1.54, 1.807) is 24.4 Å². The first kappa shape index (κ1) is 23.5. The molecule has 2 atom stereocenters. The largest absolute Gasteiger partial charge is 0.478 e. The molecule has 2 aliphatic rings. The van der Waals surface area contributed by atoms with Crippen molar-refractivity contribution in [2.75, 3.05) is 39.4 Å². The number of carboxylic acid groups (broad SMARTS) is 1. The van der Waals surface area contributed by atoms with E-state index in [0.717, 1.165) is 62.9 Å². The first-order valence-corrected chi connectivity index (χ1v) is 12.3. The van der Waals surface area contributed by atoms with E-state index in [-0.39, 0.29) is 17.6 Å². The second-order valence-electron chi connectivity index (χ2n) is 8.79. The highest BCUT2D eigenvalue weighted by Gasteiger charge is 2.41. The number of ether oxygens (including phenoxy) is 1. The van der Waals surface area contributed by atoms with E-state index in [1.165, 1.54) is 0 Å². The lowest BCUT2D eigenvalue weighted by atomic mass is 10.0. The van der Waals surface area contributed by atoms with Gasteiger partial charge in [0.05, 0.1) is 36.6 Å². The lowest BCUT2D eigenvalue weighted by molar-refractivity contribution is 0.0365. The standard InChI is InChI=1S/C26H29N5O3S/c32-25(33)19-6-3-7-20(18-19)30-12-4-9-22(30)24-23(21-8-1-2-10-27-21)28-26(35)31(24)13-5-11-29-14-16-34-17-15-29/h1-4,6-10,12,18,23-24H,5,11,13-17H2,(H,28,35)(H,32,33)/t23-,24-/m1/s1. The summed E-state index contributed by atoms with van der Waals surface area (Å²) in [7, 11) is 0. The Bertz CT molecular complexity index is 1180. The Balaban J connectivity index is 1.46. The number of pyridine rings is 1.